The summed E-state index contributed by atoms with van der Waals surface area (Å²) in [5, 5.41) is 1.27. The Morgan fingerprint density at radius 3 is 2.57 bits per heavy atom. The maximum absolute atomic E-state index is 4.28. The predicted octanol–water partition coefficient (Wildman–Crippen LogP) is 5.71. The van der Waals surface area contributed by atoms with E-state index in [-0.39, 0.29) is 0 Å². The van der Waals surface area contributed by atoms with E-state index in [0.717, 1.165) is 12.5 Å². The van der Waals surface area contributed by atoms with Crippen LogP contribution < -0.4 is 0 Å². The van der Waals surface area contributed by atoms with Crippen molar-refractivity contribution in [1.29, 1.82) is 0 Å². The van der Waals surface area contributed by atoms with Crippen LogP contribution in [0.1, 0.15) is 38.2 Å². The van der Waals surface area contributed by atoms with Crippen LogP contribution >= 0.6 is 0 Å². The van der Waals surface area contributed by atoms with Crippen LogP contribution in [0.5, 0.6) is 0 Å². The van der Waals surface area contributed by atoms with Gasteiger partial charge in [-0.25, -0.2) is 0 Å². The zero-order valence-electron chi connectivity index (χ0n) is 13.8. The van der Waals surface area contributed by atoms with Gasteiger partial charge in [0.25, 0.3) is 0 Å². The van der Waals surface area contributed by atoms with Crippen molar-refractivity contribution in [2.45, 2.75) is 51.7 Å². The fourth-order valence-electron chi connectivity index (χ4n) is 2.18. The van der Waals surface area contributed by atoms with Crippen molar-refractivity contribution in [2.24, 2.45) is 0 Å². The summed E-state index contributed by atoms with van der Waals surface area (Å²) in [7, 11) is -1.48. The molecule has 0 saturated carbocycles. The SMILES string of the molecule is C=C(/C=C\C#CCCCCC)[Si](C)(C)Cc1ccccc1. The zero-order chi connectivity index (χ0) is 15.6. The van der Waals surface area contributed by atoms with Gasteiger partial charge < -0.3 is 0 Å². The molecule has 1 heteroatoms. The lowest BCUT2D eigenvalue weighted by Crippen LogP contribution is -2.31. The quantitative estimate of drug-likeness (QED) is 0.261. The molecule has 0 nitrogen and oxygen atoms in total. The summed E-state index contributed by atoms with van der Waals surface area (Å²) in [5.74, 6) is 6.36. The summed E-state index contributed by atoms with van der Waals surface area (Å²) in [6, 6.07) is 11.8. The van der Waals surface area contributed by atoms with Crippen molar-refractivity contribution >= 4 is 8.07 Å². The highest BCUT2D eigenvalue weighted by molar-refractivity contribution is 6.84. The van der Waals surface area contributed by atoms with Crippen LogP contribution in [0.3, 0.4) is 0 Å². The molecule has 21 heavy (non-hydrogen) atoms. The lowest BCUT2D eigenvalue weighted by Gasteiger charge is -2.23. The highest BCUT2D eigenvalue weighted by Crippen LogP contribution is 2.19. The average molecular weight is 297 g/mol. The van der Waals surface area contributed by atoms with Crippen molar-refractivity contribution in [1.82, 2.24) is 0 Å². The van der Waals surface area contributed by atoms with Crippen LogP contribution in [-0.2, 0) is 6.04 Å². The lowest BCUT2D eigenvalue weighted by atomic mass is 10.2. The lowest BCUT2D eigenvalue weighted by molar-refractivity contribution is 0.737. The third-order valence-corrected chi connectivity index (χ3v) is 6.93. The van der Waals surface area contributed by atoms with E-state index >= 15 is 0 Å². The van der Waals surface area contributed by atoms with Crippen molar-refractivity contribution in [3.8, 4) is 11.8 Å². The van der Waals surface area contributed by atoms with E-state index in [1.165, 1.54) is 30.0 Å². The summed E-state index contributed by atoms with van der Waals surface area (Å²) in [5.41, 5.74) is 1.41. The molecule has 0 N–H and O–H groups in total. The van der Waals surface area contributed by atoms with Gasteiger partial charge in [0, 0.05) is 6.42 Å². The molecule has 0 atom stereocenters. The Balaban J connectivity index is 2.49. The molecule has 0 heterocycles. The maximum Gasteiger partial charge on any atom is 0.0841 e. The second kappa shape index (κ2) is 9.42. The second-order valence-electron chi connectivity index (χ2n) is 6.18. The smallest absolute Gasteiger partial charge is 0.0841 e. The van der Waals surface area contributed by atoms with Gasteiger partial charge in [-0.15, -0.1) is 0 Å². The van der Waals surface area contributed by atoms with Crippen molar-refractivity contribution in [2.75, 3.05) is 0 Å². The van der Waals surface area contributed by atoms with E-state index in [1.807, 2.05) is 6.08 Å². The molecule has 0 amide bonds. The van der Waals surface area contributed by atoms with E-state index in [1.54, 1.807) is 0 Å². The molecule has 0 fully saturated rings. The van der Waals surface area contributed by atoms with Gasteiger partial charge in [-0.1, -0.05) is 98.4 Å². The van der Waals surface area contributed by atoms with Gasteiger partial charge in [0.05, 0.1) is 8.07 Å². The van der Waals surface area contributed by atoms with Crippen LogP contribution in [-0.4, -0.2) is 8.07 Å². The molecule has 1 aromatic carbocycles. The minimum atomic E-state index is -1.48. The standard InChI is InChI=1S/C20H28Si/c1-5-6-7-8-9-10-12-15-19(2)21(3,4)18-20-16-13-11-14-17-20/h11-17H,2,5-8,18H2,1,3-4H3/b15-12-. The minimum Gasteiger partial charge on any atom is -0.0998 e. The summed E-state index contributed by atoms with van der Waals surface area (Å²) in [6.07, 6.45) is 8.87. The van der Waals surface area contributed by atoms with Crippen molar-refractivity contribution in [3.63, 3.8) is 0 Å². The molecule has 1 rings (SSSR count). The van der Waals surface area contributed by atoms with E-state index in [9.17, 15) is 0 Å². The van der Waals surface area contributed by atoms with E-state index < -0.39 is 8.07 Å². The van der Waals surface area contributed by atoms with E-state index in [4.69, 9.17) is 0 Å². The topological polar surface area (TPSA) is 0 Å². The highest BCUT2D eigenvalue weighted by Gasteiger charge is 2.23. The first-order valence-corrected chi connectivity index (χ1v) is 11.1. The molecule has 1 aromatic rings. The average Bonchev–Trinajstić information content (AvgIpc) is 2.46. The maximum atomic E-state index is 4.28. The first kappa shape index (κ1) is 17.5. The molecule has 0 bridgehead atoms. The summed E-state index contributed by atoms with van der Waals surface area (Å²) < 4.78 is 0. The Morgan fingerprint density at radius 1 is 1.19 bits per heavy atom. The number of unbranched alkanes of at least 4 members (excludes halogenated alkanes) is 3. The summed E-state index contributed by atoms with van der Waals surface area (Å²) in [4.78, 5) is 0. The van der Waals surface area contributed by atoms with Gasteiger partial charge in [-0.2, -0.15) is 0 Å². The number of allylic oxidation sites excluding steroid dienone is 3. The van der Waals surface area contributed by atoms with Crippen LogP contribution in [0.4, 0.5) is 0 Å². The largest absolute Gasteiger partial charge is 0.0998 e. The third-order valence-electron chi connectivity index (χ3n) is 3.73. The summed E-state index contributed by atoms with van der Waals surface area (Å²) >= 11 is 0. The van der Waals surface area contributed by atoms with Gasteiger partial charge >= 0.3 is 0 Å². The molecule has 0 spiro atoms. The molecule has 0 aliphatic carbocycles. The third kappa shape index (κ3) is 7.16. The fourth-order valence-corrected chi connectivity index (χ4v) is 4.20. The van der Waals surface area contributed by atoms with Crippen LogP contribution in [0.2, 0.25) is 13.1 Å². The molecule has 0 aromatic heterocycles. The monoisotopic (exact) mass is 296 g/mol. The van der Waals surface area contributed by atoms with Gasteiger partial charge in [-0.3, -0.25) is 0 Å². The van der Waals surface area contributed by atoms with Crippen molar-refractivity contribution < 1.29 is 0 Å². The molecule has 112 valence electrons. The molecule has 0 saturated heterocycles. The molecule has 0 radical (unpaired) electrons. The Kier molecular flexibility index (Phi) is 7.86. The Morgan fingerprint density at radius 2 is 1.90 bits per heavy atom. The van der Waals surface area contributed by atoms with Gasteiger partial charge in [0.2, 0.25) is 0 Å². The molecule has 0 aliphatic rings. The number of benzene rings is 1. The number of rotatable bonds is 7. The van der Waals surface area contributed by atoms with Gasteiger partial charge in [0.15, 0.2) is 0 Å². The predicted molar refractivity (Wildman–Crippen MR) is 97.8 cm³/mol. The van der Waals surface area contributed by atoms with E-state index in [2.05, 4.69) is 74.8 Å². The minimum absolute atomic E-state index is 1.01. The molecular weight excluding hydrogens is 268 g/mol. The van der Waals surface area contributed by atoms with Crippen LogP contribution in [0, 0.1) is 11.8 Å². The molecule has 0 aliphatic heterocycles. The van der Waals surface area contributed by atoms with Crippen LogP contribution in [0.25, 0.3) is 0 Å². The van der Waals surface area contributed by atoms with Crippen LogP contribution in [0.15, 0.2) is 54.3 Å². The molecular formula is C20H28Si. The van der Waals surface area contributed by atoms with Gasteiger partial charge in [0.1, 0.15) is 0 Å². The normalized spacial score (nSPS) is 11.2. The van der Waals surface area contributed by atoms with Gasteiger partial charge in [-0.05, 0) is 18.5 Å². The highest BCUT2D eigenvalue weighted by atomic mass is 28.3. The Hall–Kier alpha value is -1.52. The Labute approximate surface area is 132 Å². The first-order valence-electron chi connectivity index (χ1n) is 7.94. The fraction of sp³-hybridized carbons (Fsp3) is 0.400. The second-order valence-corrected chi connectivity index (χ2v) is 10.9. The van der Waals surface area contributed by atoms with Crippen molar-refractivity contribution in [3.05, 3.63) is 59.8 Å². The molecule has 0 unspecified atom stereocenters. The zero-order valence-corrected chi connectivity index (χ0v) is 14.8. The number of hydrogen-bond donors (Lipinski definition) is 0. The number of hydrogen-bond acceptors (Lipinski definition) is 0. The van der Waals surface area contributed by atoms with E-state index in [0.29, 0.717) is 0 Å². The first-order chi connectivity index (χ1) is 10.1. The summed E-state index contributed by atoms with van der Waals surface area (Å²) in [6.45, 7) is 11.2. The Bertz CT molecular complexity index is 512.